The Morgan fingerprint density at radius 1 is 0.512 bits per heavy atom. The molecule has 6 atom stereocenters. The molecule has 1 aliphatic heterocycles. The molecule has 1 saturated heterocycles. The highest BCUT2D eigenvalue weighted by molar-refractivity contribution is 8.76. The van der Waals surface area contributed by atoms with Gasteiger partial charge in [-0.2, -0.15) is 26.3 Å². The number of alkyl halides is 6. The summed E-state index contributed by atoms with van der Waals surface area (Å²) in [5.41, 5.74) is 19.6. The van der Waals surface area contributed by atoms with Gasteiger partial charge in [0.25, 0.3) is 11.8 Å². The Bertz CT molecular complexity index is 2620. The van der Waals surface area contributed by atoms with Crippen LogP contribution in [0.25, 0.3) is 0 Å². The lowest BCUT2D eigenvalue weighted by Crippen LogP contribution is -2.59. The molecule has 0 bridgehead atoms. The average Bonchev–Trinajstić information content (AvgIpc) is 3.44. The molecule has 32 heteroatoms. The lowest BCUT2D eigenvalue weighted by atomic mass is 10.0. The second kappa shape index (κ2) is 33.2. The molecule has 5 rings (SSSR count). The van der Waals surface area contributed by atoms with Gasteiger partial charge in [0.1, 0.15) is 35.7 Å². The first kappa shape index (κ1) is 67.7. The van der Waals surface area contributed by atoms with Crippen molar-refractivity contribution >= 4 is 80.8 Å². The Kier molecular flexibility index (Phi) is 27.4. The molecule has 0 unspecified atom stereocenters. The maximum Gasteiger partial charge on any atom is 0.490 e. The molecule has 82 heavy (non-hydrogen) atoms. The molecule has 8 amide bonds. The molecular formula is C50H56F6N10O14S2. The highest BCUT2D eigenvalue weighted by Crippen LogP contribution is 2.24. The summed E-state index contributed by atoms with van der Waals surface area (Å²) in [5, 5.41) is 48.9. The third-order valence-electron chi connectivity index (χ3n) is 10.8. The van der Waals surface area contributed by atoms with Crippen molar-refractivity contribution in [3.05, 3.63) is 131 Å². The zero-order valence-electron chi connectivity index (χ0n) is 42.6. The molecule has 4 aromatic carbocycles. The smallest absolute Gasteiger partial charge is 0.490 e. The zero-order chi connectivity index (χ0) is 61.2. The van der Waals surface area contributed by atoms with Gasteiger partial charge in [0, 0.05) is 24.3 Å². The number of carbonyl (C=O) groups excluding carboxylic acids is 8. The molecule has 16 N–H and O–H groups in total. The number of halogens is 6. The van der Waals surface area contributed by atoms with E-state index in [0.717, 1.165) is 21.6 Å². The number of hydrazine groups is 1. The van der Waals surface area contributed by atoms with E-state index >= 15 is 0 Å². The fraction of sp³-hybridized carbons (Fsp3) is 0.320. The number of phenols is 2. The maximum atomic E-state index is 13.7. The number of amides is 8. The first-order valence-electron chi connectivity index (χ1n) is 23.9. The number of phenolic OH excluding ortho intramolecular Hbond substituents is 2. The fourth-order valence-electron chi connectivity index (χ4n) is 6.60. The van der Waals surface area contributed by atoms with Crippen LogP contribution in [0.1, 0.15) is 22.3 Å². The second-order valence-corrected chi connectivity index (χ2v) is 19.8. The van der Waals surface area contributed by atoms with Crippen molar-refractivity contribution < 1.29 is 94.7 Å². The van der Waals surface area contributed by atoms with Crippen molar-refractivity contribution in [3.8, 4) is 11.5 Å². The SMILES string of the molecule is N[C@@H](Cc1ccc(O)cc1)C(=O)N[C@@H]1CSSC[C@@H](NC(=O)[C@@H](N)Cc2ccc(O)cc2)C(=O)NCC(=O)N[C@@H](Cc2ccccc2)C(=O)NNC(=O)[C@H](Cc2ccccc2)NC(=O)CNC1=O.O=C(O)C(F)(F)F.O=C(O)C(F)(F)F. The summed E-state index contributed by atoms with van der Waals surface area (Å²) in [7, 11) is 2.08. The molecule has 0 aromatic heterocycles. The molecule has 1 heterocycles. The number of hydrogen-bond acceptors (Lipinski definition) is 16. The molecule has 0 radical (unpaired) electrons. The average molecular weight is 1200 g/mol. The molecule has 24 nitrogen and oxygen atoms in total. The third-order valence-corrected chi connectivity index (χ3v) is 13.2. The number of hydrogen-bond donors (Lipinski definition) is 14. The Labute approximate surface area is 470 Å². The van der Waals surface area contributed by atoms with Gasteiger partial charge in [-0.1, -0.05) is 107 Å². The van der Waals surface area contributed by atoms with Crippen molar-refractivity contribution in [2.75, 3.05) is 24.6 Å². The molecule has 0 saturated carbocycles. The first-order valence-corrected chi connectivity index (χ1v) is 26.3. The number of benzene rings is 4. The van der Waals surface area contributed by atoms with Crippen molar-refractivity contribution in [2.24, 2.45) is 11.5 Å². The van der Waals surface area contributed by atoms with Gasteiger partial charge in [-0.15, -0.1) is 0 Å². The molecule has 1 fully saturated rings. The van der Waals surface area contributed by atoms with E-state index in [1.54, 1.807) is 84.9 Å². The van der Waals surface area contributed by atoms with Gasteiger partial charge < -0.3 is 63.8 Å². The number of aromatic hydroxyl groups is 2. The van der Waals surface area contributed by atoms with E-state index in [1.165, 1.54) is 24.3 Å². The molecule has 4 aromatic rings. The number of carboxylic acid groups (broad SMARTS) is 2. The van der Waals surface area contributed by atoms with Crippen LogP contribution in [0.5, 0.6) is 11.5 Å². The summed E-state index contributed by atoms with van der Waals surface area (Å²) < 4.78 is 63.5. The van der Waals surface area contributed by atoms with Crippen LogP contribution < -0.4 is 54.2 Å². The van der Waals surface area contributed by atoms with Gasteiger partial charge >= 0.3 is 24.3 Å². The van der Waals surface area contributed by atoms with Crippen molar-refractivity contribution in [3.63, 3.8) is 0 Å². The highest BCUT2D eigenvalue weighted by atomic mass is 33.1. The van der Waals surface area contributed by atoms with Gasteiger partial charge in [0.05, 0.1) is 25.2 Å². The largest absolute Gasteiger partial charge is 0.508 e. The summed E-state index contributed by atoms with van der Waals surface area (Å²) >= 11 is 0. The Balaban J connectivity index is 0.00000111. The van der Waals surface area contributed by atoms with Gasteiger partial charge in [-0.25, -0.2) is 9.59 Å². The molecule has 0 aliphatic carbocycles. The van der Waals surface area contributed by atoms with Gasteiger partial charge in [0.2, 0.25) is 35.4 Å². The van der Waals surface area contributed by atoms with Gasteiger partial charge in [0.15, 0.2) is 0 Å². The van der Waals surface area contributed by atoms with Crippen molar-refractivity contribution in [1.82, 2.24) is 42.8 Å². The number of nitrogens with two attached hydrogens (primary N) is 2. The molecule has 0 spiro atoms. The predicted molar refractivity (Wildman–Crippen MR) is 282 cm³/mol. The third kappa shape index (κ3) is 25.7. The van der Waals surface area contributed by atoms with E-state index in [2.05, 4.69) is 42.8 Å². The Hall–Kier alpha value is -8.62. The van der Waals surface area contributed by atoms with E-state index < -0.39 is 121 Å². The minimum Gasteiger partial charge on any atom is -0.508 e. The van der Waals surface area contributed by atoms with Crippen LogP contribution in [0.4, 0.5) is 26.3 Å². The summed E-state index contributed by atoms with van der Waals surface area (Å²) in [4.78, 5) is 126. The van der Waals surface area contributed by atoms with E-state index in [1.807, 2.05) is 0 Å². The summed E-state index contributed by atoms with van der Waals surface area (Å²) in [6.07, 6.45) is -10.1. The number of aliphatic carboxylic acids is 2. The van der Waals surface area contributed by atoms with E-state index in [4.69, 9.17) is 31.3 Å². The lowest BCUT2D eigenvalue weighted by molar-refractivity contribution is -0.193. The van der Waals surface area contributed by atoms with Crippen LogP contribution in [0.3, 0.4) is 0 Å². The predicted octanol–water partition coefficient (Wildman–Crippen LogP) is 0.00360. The van der Waals surface area contributed by atoms with Gasteiger partial charge in [-0.05, 0) is 59.4 Å². The molecule has 444 valence electrons. The lowest BCUT2D eigenvalue weighted by Gasteiger charge is -2.24. The Morgan fingerprint density at radius 2 is 0.817 bits per heavy atom. The number of rotatable bonds is 12. The first-order chi connectivity index (χ1) is 38.5. The number of nitrogens with one attached hydrogen (secondary N) is 8. The minimum atomic E-state index is -5.08. The summed E-state index contributed by atoms with van der Waals surface area (Å²) in [6.45, 7) is -1.28. The molecular weight excluding hydrogens is 1140 g/mol. The van der Waals surface area contributed by atoms with E-state index in [-0.39, 0.29) is 48.7 Å². The van der Waals surface area contributed by atoms with Crippen LogP contribution >= 0.6 is 21.6 Å². The normalized spacial score (nSPS) is 18.7. The fourth-order valence-corrected chi connectivity index (χ4v) is 8.93. The Morgan fingerprint density at radius 3 is 1.11 bits per heavy atom. The monoisotopic (exact) mass is 1200 g/mol. The standard InChI is InChI=1S/C46H54N10O10S2.2C2HF3O2/c47-33(19-29-11-15-31(57)16-12-29)41(61)53-37-25-67-68-26-38(54-42(62)34(48)20-30-13-17-32(58)18-14-30)44(64)50-24-40(60)52-36(22-28-9-5-2-6-10-28)46(66)56-55-45(65)35(21-27-7-3-1-4-8-27)51-39(59)23-49-43(37)63;2*3-2(4,5)1(6)7/h1-18,33-38,57-58H,19-26,47-48H2,(H,49,63)(H,50,64)(H,51,59)(H,52,60)(H,53,61)(H,54,62)(H,55,65)(H,56,66);2*(H,6,7)/t33-,34-,35-,36-,37+,38+;;/m0../s1. The van der Waals surface area contributed by atoms with Crippen molar-refractivity contribution in [2.45, 2.75) is 74.3 Å². The van der Waals surface area contributed by atoms with Crippen LogP contribution in [0.15, 0.2) is 109 Å². The summed E-state index contributed by atoms with van der Waals surface area (Å²) in [5.74, 6) is -12.0. The topological polar surface area (TPSA) is 400 Å². The second-order valence-electron chi connectivity index (χ2n) is 17.3. The number of carboxylic acids is 2. The minimum absolute atomic E-state index is 0.0180. The highest BCUT2D eigenvalue weighted by Gasteiger charge is 2.39. The quantitative estimate of drug-likeness (QED) is 0.0656. The van der Waals surface area contributed by atoms with Crippen LogP contribution in [0, 0.1) is 0 Å². The maximum absolute atomic E-state index is 13.7. The van der Waals surface area contributed by atoms with E-state index in [0.29, 0.717) is 22.3 Å². The zero-order valence-corrected chi connectivity index (χ0v) is 44.3. The van der Waals surface area contributed by atoms with Crippen LogP contribution in [0.2, 0.25) is 0 Å². The van der Waals surface area contributed by atoms with Crippen molar-refractivity contribution in [1.29, 1.82) is 0 Å². The molecule has 1 aliphatic rings. The van der Waals surface area contributed by atoms with Crippen LogP contribution in [-0.4, -0.2) is 153 Å². The van der Waals surface area contributed by atoms with Gasteiger partial charge in [-0.3, -0.25) is 49.2 Å². The number of carbonyl (C=O) groups is 10. The van der Waals surface area contributed by atoms with E-state index in [9.17, 15) is 74.9 Å². The summed E-state index contributed by atoms with van der Waals surface area (Å²) in [6, 6.07) is 22.1. The van der Waals surface area contributed by atoms with Crippen LogP contribution in [-0.2, 0) is 73.6 Å².